The van der Waals surface area contributed by atoms with Crippen LogP contribution in [-0.4, -0.2) is 23.7 Å². The Labute approximate surface area is 86.5 Å². The van der Waals surface area contributed by atoms with Crippen LogP contribution in [0.15, 0.2) is 24.3 Å². The van der Waals surface area contributed by atoms with Gasteiger partial charge in [-0.1, -0.05) is 12.1 Å². The second-order valence-electron chi connectivity index (χ2n) is 3.09. The number of carboxylic acids is 1. The SMILES string of the molecule is N[C@@H](COCc1cccc(F)c1)C(=O)O. The Morgan fingerprint density at radius 2 is 2.33 bits per heavy atom. The van der Waals surface area contributed by atoms with Crippen LogP contribution >= 0.6 is 0 Å². The van der Waals surface area contributed by atoms with Gasteiger partial charge in [0.15, 0.2) is 0 Å². The zero-order valence-electron chi connectivity index (χ0n) is 8.02. The van der Waals surface area contributed by atoms with Gasteiger partial charge in [-0.2, -0.15) is 0 Å². The number of carboxylic acid groups (broad SMARTS) is 1. The normalized spacial score (nSPS) is 12.4. The Morgan fingerprint density at radius 1 is 1.60 bits per heavy atom. The molecule has 0 aromatic heterocycles. The molecule has 0 radical (unpaired) electrons. The summed E-state index contributed by atoms with van der Waals surface area (Å²) in [6.07, 6.45) is 0. The van der Waals surface area contributed by atoms with E-state index in [2.05, 4.69) is 0 Å². The van der Waals surface area contributed by atoms with Crippen LogP contribution in [0.3, 0.4) is 0 Å². The van der Waals surface area contributed by atoms with E-state index in [4.69, 9.17) is 15.6 Å². The predicted octanol–water partition coefficient (Wildman–Crippen LogP) is 0.754. The highest BCUT2D eigenvalue weighted by Gasteiger charge is 2.10. The summed E-state index contributed by atoms with van der Waals surface area (Å²) in [6, 6.07) is 4.86. The third-order valence-corrected chi connectivity index (χ3v) is 1.77. The maximum Gasteiger partial charge on any atom is 0.322 e. The first-order valence-corrected chi connectivity index (χ1v) is 4.40. The van der Waals surface area contributed by atoms with Gasteiger partial charge in [0.05, 0.1) is 13.2 Å². The standard InChI is InChI=1S/C10H12FNO3/c11-8-3-1-2-7(4-8)5-15-6-9(12)10(13)14/h1-4,9H,5-6,12H2,(H,13,14)/t9-/m0/s1. The first kappa shape index (κ1) is 11.6. The highest BCUT2D eigenvalue weighted by atomic mass is 19.1. The summed E-state index contributed by atoms with van der Waals surface area (Å²) in [5.41, 5.74) is 5.86. The third-order valence-electron chi connectivity index (χ3n) is 1.77. The molecule has 5 heteroatoms. The van der Waals surface area contributed by atoms with Crippen molar-refractivity contribution in [3.8, 4) is 0 Å². The van der Waals surface area contributed by atoms with Gasteiger partial charge in [-0.3, -0.25) is 4.79 Å². The number of ether oxygens (including phenoxy) is 1. The first-order valence-electron chi connectivity index (χ1n) is 4.40. The largest absolute Gasteiger partial charge is 0.480 e. The summed E-state index contributed by atoms with van der Waals surface area (Å²) < 4.78 is 17.7. The number of aliphatic carboxylic acids is 1. The van der Waals surface area contributed by atoms with Crippen LogP contribution in [0.2, 0.25) is 0 Å². The maximum atomic E-state index is 12.7. The van der Waals surface area contributed by atoms with E-state index < -0.39 is 12.0 Å². The van der Waals surface area contributed by atoms with Crippen LogP contribution in [0.25, 0.3) is 0 Å². The van der Waals surface area contributed by atoms with Gasteiger partial charge in [0.25, 0.3) is 0 Å². The number of nitrogens with two attached hydrogens (primary N) is 1. The summed E-state index contributed by atoms with van der Waals surface area (Å²) >= 11 is 0. The second kappa shape index (κ2) is 5.43. The second-order valence-corrected chi connectivity index (χ2v) is 3.09. The van der Waals surface area contributed by atoms with E-state index in [0.717, 1.165) is 0 Å². The topological polar surface area (TPSA) is 72.5 Å². The van der Waals surface area contributed by atoms with Crippen molar-refractivity contribution in [2.75, 3.05) is 6.61 Å². The molecule has 3 N–H and O–H groups in total. The van der Waals surface area contributed by atoms with Gasteiger partial charge in [0, 0.05) is 0 Å². The molecular weight excluding hydrogens is 201 g/mol. The van der Waals surface area contributed by atoms with E-state index in [1.165, 1.54) is 12.1 Å². The number of halogens is 1. The van der Waals surface area contributed by atoms with Crippen molar-refractivity contribution < 1.29 is 19.0 Å². The Bertz CT molecular complexity index is 343. The predicted molar refractivity (Wildman–Crippen MR) is 51.7 cm³/mol. The van der Waals surface area contributed by atoms with E-state index in [0.29, 0.717) is 5.56 Å². The number of benzene rings is 1. The van der Waals surface area contributed by atoms with E-state index in [1.54, 1.807) is 12.1 Å². The lowest BCUT2D eigenvalue weighted by molar-refractivity contribution is -0.140. The minimum atomic E-state index is -1.12. The summed E-state index contributed by atoms with van der Waals surface area (Å²) in [4.78, 5) is 10.3. The first-order chi connectivity index (χ1) is 7.09. The molecule has 0 aliphatic heterocycles. The lowest BCUT2D eigenvalue weighted by atomic mass is 10.2. The van der Waals surface area contributed by atoms with Crippen molar-refractivity contribution in [3.05, 3.63) is 35.6 Å². The molecule has 4 nitrogen and oxygen atoms in total. The average Bonchev–Trinajstić information content (AvgIpc) is 2.17. The van der Waals surface area contributed by atoms with Crippen LogP contribution in [-0.2, 0) is 16.1 Å². The molecule has 0 bridgehead atoms. The van der Waals surface area contributed by atoms with Crippen molar-refractivity contribution in [1.82, 2.24) is 0 Å². The fourth-order valence-corrected chi connectivity index (χ4v) is 1.00. The number of hydrogen-bond donors (Lipinski definition) is 2. The molecule has 0 aliphatic rings. The van der Waals surface area contributed by atoms with Crippen molar-refractivity contribution in [2.45, 2.75) is 12.6 Å². The highest BCUT2D eigenvalue weighted by molar-refractivity contribution is 5.73. The van der Waals surface area contributed by atoms with Gasteiger partial charge in [-0.05, 0) is 17.7 Å². The molecule has 0 saturated heterocycles. The van der Waals surface area contributed by atoms with Crippen LogP contribution in [0, 0.1) is 5.82 Å². The molecular formula is C10H12FNO3. The van der Waals surface area contributed by atoms with Crippen molar-refractivity contribution in [2.24, 2.45) is 5.73 Å². The molecule has 1 atom stereocenters. The smallest absolute Gasteiger partial charge is 0.322 e. The zero-order chi connectivity index (χ0) is 11.3. The van der Waals surface area contributed by atoms with Gasteiger partial charge < -0.3 is 15.6 Å². The summed E-state index contributed by atoms with van der Waals surface area (Å²) in [6.45, 7) is 0.0601. The van der Waals surface area contributed by atoms with E-state index in [1.807, 2.05) is 0 Å². The molecule has 0 saturated carbocycles. The minimum absolute atomic E-state index is 0.0914. The van der Waals surface area contributed by atoms with Gasteiger partial charge in [-0.15, -0.1) is 0 Å². The molecule has 0 heterocycles. The van der Waals surface area contributed by atoms with Crippen molar-refractivity contribution in [1.29, 1.82) is 0 Å². The zero-order valence-corrected chi connectivity index (χ0v) is 8.02. The molecule has 0 unspecified atom stereocenters. The highest BCUT2D eigenvalue weighted by Crippen LogP contribution is 2.04. The number of hydrogen-bond acceptors (Lipinski definition) is 3. The lowest BCUT2D eigenvalue weighted by Crippen LogP contribution is -2.34. The minimum Gasteiger partial charge on any atom is -0.480 e. The van der Waals surface area contributed by atoms with Crippen LogP contribution in [0.4, 0.5) is 4.39 Å². The molecule has 0 aliphatic carbocycles. The summed E-state index contributed by atoms with van der Waals surface area (Å²) in [5, 5.41) is 8.46. The Balaban J connectivity index is 2.35. The summed E-state index contributed by atoms with van der Waals surface area (Å²) in [5.74, 6) is -1.46. The average molecular weight is 213 g/mol. The molecule has 0 fully saturated rings. The van der Waals surface area contributed by atoms with Crippen molar-refractivity contribution in [3.63, 3.8) is 0 Å². The van der Waals surface area contributed by atoms with E-state index in [9.17, 15) is 9.18 Å². The Morgan fingerprint density at radius 3 is 2.93 bits per heavy atom. The van der Waals surface area contributed by atoms with Gasteiger partial charge in [0.2, 0.25) is 0 Å². The number of rotatable bonds is 5. The van der Waals surface area contributed by atoms with Gasteiger partial charge in [0.1, 0.15) is 11.9 Å². The van der Waals surface area contributed by atoms with Crippen LogP contribution < -0.4 is 5.73 Å². The third kappa shape index (κ3) is 4.05. The van der Waals surface area contributed by atoms with E-state index >= 15 is 0 Å². The quantitative estimate of drug-likeness (QED) is 0.757. The molecule has 82 valence electrons. The van der Waals surface area contributed by atoms with Crippen LogP contribution in [0.5, 0.6) is 0 Å². The molecule has 1 aromatic carbocycles. The maximum absolute atomic E-state index is 12.7. The molecule has 0 amide bonds. The summed E-state index contributed by atoms with van der Waals surface area (Å²) in [7, 11) is 0. The van der Waals surface area contributed by atoms with Crippen LogP contribution in [0.1, 0.15) is 5.56 Å². The van der Waals surface area contributed by atoms with E-state index in [-0.39, 0.29) is 19.0 Å². The number of carbonyl (C=O) groups is 1. The fraction of sp³-hybridized carbons (Fsp3) is 0.300. The molecule has 1 rings (SSSR count). The Kier molecular flexibility index (Phi) is 4.20. The monoisotopic (exact) mass is 213 g/mol. The van der Waals surface area contributed by atoms with Gasteiger partial charge in [-0.25, -0.2) is 4.39 Å². The molecule has 0 spiro atoms. The lowest BCUT2D eigenvalue weighted by Gasteiger charge is -2.07. The van der Waals surface area contributed by atoms with Crippen molar-refractivity contribution >= 4 is 5.97 Å². The fourth-order valence-electron chi connectivity index (χ4n) is 1.00. The molecule has 15 heavy (non-hydrogen) atoms. The Hall–Kier alpha value is -1.46. The molecule has 1 aromatic rings. The van der Waals surface area contributed by atoms with Gasteiger partial charge >= 0.3 is 5.97 Å².